The molecule has 0 radical (unpaired) electrons. The third-order valence-corrected chi connectivity index (χ3v) is 2.44. The molecule has 1 fully saturated rings. The zero-order valence-corrected chi connectivity index (χ0v) is 9.76. The summed E-state index contributed by atoms with van der Waals surface area (Å²) in [4.78, 5) is 0. The lowest BCUT2D eigenvalue weighted by Crippen LogP contribution is -2.31. The number of ether oxygens (including phenoxy) is 2. The first kappa shape index (κ1) is 12.9. The van der Waals surface area contributed by atoms with Crippen LogP contribution in [0.2, 0.25) is 0 Å². The van der Waals surface area contributed by atoms with E-state index in [0.717, 1.165) is 51.9 Å². The molecule has 0 unspecified atom stereocenters. The summed E-state index contributed by atoms with van der Waals surface area (Å²) in [6.07, 6.45) is 2.74. The van der Waals surface area contributed by atoms with Crippen LogP contribution in [0.1, 0.15) is 12.8 Å². The van der Waals surface area contributed by atoms with Gasteiger partial charge in [0.1, 0.15) is 0 Å². The summed E-state index contributed by atoms with van der Waals surface area (Å²) in [6.45, 7) is 6.46. The summed E-state index contributed by atoms with van der Waals surface area (Å²) >= 11 is 0. The van der Waals surface area contributed by atoms with Crippen LogP contribution in [0.15, 0.2) is 0 Å². The maximum atomic E-state index is 5.50. The Morgan fingerprint density at radius 1 is 1.00 bits per heavy atom. The highest BCUT2D eigenvalue weighted by Gasteiger charge is 2.20. The van der Waals surface area contributed by atoms with E-state index in [-0.39, 0.29) is 0 Å². The van der Waals surface area contributed by atoms with Crippen molar-refractivity contribution < 1.29 is 9.47 Å². The van der Waals surface area contributed by atoms with Gasteiger partial charge in [-0.25, -0.2) is 0 Å². The van der Waals surface area contributed by atoms with Gasteiger partial charge in [-0.15, -0.1) is 0 Å². The minimum atomic E-state index is 0.782. The van der Waals surface area contributed by atoms with E-state index in [4.69, 9.17) is 9.47 Å². The van der Waals surface area contributed by atoms with E-state index >= 15 is 0 Å². The summed E-state index contributed by atoms with van der Waals surface area (Å²) in [5, 5.41) is 6.61. The Morgan fingerprint density at radius 3 is 2.27 bits per heavy atom. The Bertz CT molecular complexity index is 141. The first-order chi connectivity index (χ1) is 7.43. The lowest BCUT2D eigenvalue weighted by Gasteiger charge is -2.06. The monoisotopic (exact) mass is 216 g/mol. The van der Waals surface area contributed by atoms with Crippen molar-refractivity contribution in [3.8, 4) is 0 Å². The summed E-state index contributed by atoms with van der Waals surface area (Å²) < 4.78 is 10.4. The number of hydrogen-bond donors (Lipinski definition) is 2. The largest absolute Gasteiger partial charge is 0.383 e. The van der Waals surface area contributed by atoms with Crippen molar-refractivity contribution in [2.75, 3.05) is 53.1 Å². The summed E-state index contributed by atoms with van der Waals surface area (Å²) in [7, 11) is 1.72. The molecule has 0 spiro atoms. The average Bonchev–Trinajstić information content (AvgIpc) is 3.05. The molecule has 4 heteroatoms. The van der Waals surface area contributed by atoms with Crippen LogP contribution in [0.25, 0.3) is 0 Å². The first-order valence-corrected chi connectivity index (χ1v) is 5.91. The number of methoxy groups -OCH3 is 1. The van der Waals surface area contributed by atoms with Gasteiger partial charge < -0.3 is 20.1 Å². The number of rotatable bonds is 11. The minimum Gasteiger partial charge on any atom is -0.383 e. The van der Waals surface area contributed by atoms with Gasteiger partial charge in [0.2, 0.25) is 0 Å². The van der Waals surface area contributed by atoms with Crippen molar-refractivity contribution in [3.63, 3.8) is 0 Å². The van der Waals surface area contributed by atoms with Gasteiger partial charge in [0.25, 0.3) is 0 Å². The fraction of sp³-hybridized carbons (Fsp3) is 1.00. The predicted octanol–water partition coefficient (Wildman–Crippen LogP) is 0.239. The van der Waals surface area contributed by atoms with Gasteiger partial charge in [-0.2, -0.15) is 0 Å². The quantitative estimate of drug-likeness (QED) is 0.486. The maximum Gasteiger partial charge on any atom is 0.0591 e. The third-order valence-electron chi connectivity index (χ3n) is 2.44. The molecule has 1 aliphatic rings. The fourth-order valence-electron chi connectivity index (χ4n) is 1.28. The summed E-state index contributed by atoms with van der Waals surface area (Å²) in [5.41, 5.74) is 0. The zero-order valence-electron chi connectivity index (χ0n) is 9.76. The molecule has 1 saturated carbocycles. The van der Waals surface area contributed by atoms with Crippen LogP contribution >= 0.6 is 0 Å². The highest BCUT2D eigenvalue weighted by molar-refractivity contribution is 4.71. The Morgan fingerprint density at radius 2 is 1.67 bits per heavy atom. The van der Waals surface area contributed by atoms with Gasteiger partial charge in [-0.05, 0) is 18.8 Å². The molecule has 0 saturated heterocycles. The van der Waals surface area contributed by atoms with E-state index < -0.39 is 0 Å². The maximum absolute atomic E-state index is 5.50. The van der Waals surface area contributed by atoms with Crippen molar-refractivity contribution in [2.24, 2.45) is 5.92 Å². The lowest BCUT2D eigenvalue weighted by atomic mass is 10.5. The number of hydrogen-bond acceptors (Lipinski definition) is 4. The molecule has 1 rings (SSSR count). The SMILES string of the molecule is COCCNCCNCCOCC1CC1. The van der Waals surface area contributed by atoms with E-state index in [0.29, 0.717) is 0 Å². The molecular weight excluding hydrogens is 192 g/mol. The van der Waals surface area contributed by atoms with Gasteiger partial charge >= 0.3 is 0 Å². The fourth-order valence-corrected chi connectivity index (χ4v) is 1.28. The van der Waals surface area contributed by atoms with Crippen LogP contribution in [-0.4, -0.2) is 53.1 Å². The van der Waals surface area contributed by atoms with Crippen LogP contribution in [-0.2, 0) is 9.47 Å². The van der Waals surface area contributed by atoms with Crippen molar-refractivity contribution in [1.29, 1.82) is 0 Å². The van der Waals surface area contributed by atoms with E-state index in [1.54, 1.807) is 7.11 Å². The van der Waals surface area contributed by atoms with Gasteiger partial charge in [-0.3, -0.25) is 0 Å². The Kier molecular flexibility index (Phi) is 7.83. The van der Waals surface area contributed by atoms with Gasteiger partial charge in [0.15, 0.2) is 0 Å². The highest BCUT2D eigenvalue weighted by atomic mass is 16.5. The topological polar surface area (TPSA) is 42.5 Å². The zero-order chi connectivity index (χ0) is 10.8. The van der Waals surface area contributed by atoms with Gasteiger partial charge in [0.05, 0.1) is 13.2 Å². The van der Waals surface area contributed by atoms with Crippen molar-refractivity contribution in [2.45, 2.75) is 12.8 Å². The molecule has 0 aliphatic heterocycles. The third kappa shape index (κ3) is 8.81. The molecule has 1 aliphatic carbocycles. The van der Waals surface area contributed by atoms with E-state index in [1.807, 2.05) is 0 Å². The van der Waals surface area contributed by atoms with Crippen molar-refractivity contribution >= 4 is 0 Å². The molecule has 90 valence electrons. The smallest absolute Gasteiger partial charge is 0.0591 e. The Hall–Kier alpha value is -0.160. The normalized spacial score (nSPS) is 15.8. The molecular formula is C11H24N2O2. The highest BCUT2D eigenvalue weighted by Crippen LogP contribution is 2.28. The summed E-state index contributed by atoms with van der Waals surface area (Å²) in [5.74, 6) is 0.876. The molecule has 0 aromatic carbocycles. The molecule has 2 N–H and O–H groups in total. The lowest BCUT2D eigenvalue weighted by molar-refractivity contribution is 0.126. The standard InChI is InChI=1S/C11H24N2O2/c1-14-8-6-12-4-5-13-7-9-15-10-11-2-3-11/h11-13H,2-10H2,1H3. The second kappa shape index (κ2) is 9.09. The Balaban J connectivity index is 1.62. The summed E-state index contributed by atoms with van der Waals surface area (Å²) in [6, 6.07) is 0. The molecule has 0 atom stereocenters. The number of nitrogens with one attached hydrogen (secondary N) is 2. The van der Waals surface area contributed by atoms with Crippen LogP contribution < -0.4 is 10.6 Å². The molecule has 0 amide bonds. The van der Waals surface area contributed by atoms with Crippen LogP contribution in [0, 0.1) is 5.92 Å². The van der Waals surface area contributed by atoms with Gasteiger partial charge in [0, 0.05) is 39.9 Å². The van der Waals surface area contributed by atoms with Crippen LogP contribution in [0.5, 0.6) is 0 Å². The van der Waals surface area contributed by atoms with Crippen LogP contribution in [0.3, 0.4) is 0 Å². The molecule has 0 aromatic rings. The molecule has 4 nitrogen and oxygen atoms in total. The molecule has 0 bridgehead atoms. The Labute approximate surface area is 92.7 Å². The molecule has 15 heavy (non-hydrogen) atoms. The van der Waals surface area contributed by atoms with Crippen LogP contribution in [0.4, 0.5) is 0 Å². The van der Waals surface area contributed by atoms with E-state index in [9.17, 15) is 0 Å². The van der Waals surface area contributed by atoms with E-state index in [2.05, 4.69) is 10.6 Å². The minimum absolute atomic E-state index is 0.782. The second-order valence-electron chi connectivity index (χ2n) is 4.01. The van der Waals surface area contributed by atoms with Crippen molar-refractivity contribution in [1.82, 2.24) is 10.6 Å². The average molecular weight is 216 g/mol. The van der Waals surface area contributed by atoms with Crippen molar-refractivity contribution in [3.05, 3.63) is 0 Å². The molecule has 0 aromatic heterocycles. The first-order valence-electron chi connectivity index (χ1n) is 5.91. The molecule has 0 heterocycles. The second-order valence-corrected chi connectivity index (χ2v) is 4.01. The van der Waals surface area contributed by atoms with E-state index in [1.165, 1.54) is 12.8 Å². The predicted molar refractivity (Wildman–Crippen MR) is 61.2 cm³/mol. The van der Waals surface area contributed by atoms with Gasteiger partial charge in [-0.1, -0.05) is 0 Å².